The van der Waals surface area contributed by atoms with Crippen LogP contribution in [0.15, 0.2) is 42.7 Å². The second kappa shape index (κ2) is 6.27. The lowest BCUT2D eigenvalue weighted by molar-refractivity contribution is 0.638. The van der Waals surface area contributed by atoms with Crippen LogP contribution in [0.5, 0.6) is 0 Å². The third-order valence-electron chi connectivity index (χ3n) is 6.22. The Morgan fingerprint density at radius 1 is 1.13 bits per heavy atom. The van der Waals surface area contributed by atoms with Crippen LogP contribution >= 0.6 is 0 Å². The Hall–Kier alpha value is -3.46. The summed E-state index contributed by atoms with van der Waals surface area (Å²) in [5.74, 6) is 7.63. The molecule has 1 fully saturated rings. The number of nitrogens with zero attached hydrogens (tertiary/aromatic N) is 5. The number of benzene rings is 2. The van der Waals surface area contributed by atoms with E-state index in [1.165, 1.54) is 24.5 Å². The van der Waals surface area contributed by atoms with Crippen LogP contribution in [0.3, 0.4) is 0 Å². The summed E-state index contributed by atoms with van der Waals surface area (Å²) in [6.45, 7) is 2.98. The fourth-order valence-electron chi connectivity index (χ4n) is 4.25. The van der Waals surface area contributed by atoms with Crippen molar-refractivity contribution >= 4 is 28.2 Å². The van der Waals surface area contributed by atoms with Gasteiger partial charge in [-0.3, -0.25) is 4.40 Å². The molecule has 0 saturated heterocycles. The molecule has 6 rings (SSSR count). The maximum atomic E-state index is 15.0. The van der Waals surface area contributed by atoms with Gasteiger partial charge in [-0.1, -0.05) is 24.0 Å². The normalized spacial score (nSPS) is 16.9. The predicted octanol–water partition coefficient (Wildman–Crippen LogP) is 4.65. The van der Waals surface area contributed by atoms with E-state index in [0.717, 1.165) is 30.6 Å². The number of hydrogen-bond donors (Lipinski definition) is 0. The Bertz CT molecular complexity index is 1370. The van der Waals surface area contributed by atoms with Crippen molar-refractivity contribution in [3.8, 4) is 11.8 Å². The summed E-state index contributed by atoms with van der Waals surface area (Å²) in [4.78, 5) is 6.82. The molecule has 4 aromatic rings. The van der Waals surface area contributed by atoms with Crippen LogP contribution in [0.2, 0.25) is 0 Å². The van der Waals surface area contributed by atoms with Gasteiger partial charge in [0.25, 0.3) is 5.78 Å². The fourth-order valence-corrected chi connectivity index (χ4v) is 4.25. The maximum absolute atomic E-state index is 15.0. The van der Waals surface area contributed by atoms with E-state index in [0.29, 0.717) is 22.5 Å². The van der Waals surface area contributed by atoms with Crippen molar-refractivity contribution < 1.29 is 4.39 Å². The molecule has 30 heavy (non-hydrogen) atoms. The molecule has 1 aliphatic heterocycles. The van der Waals surface area contributed by atoms with Crippen molar-refractivity contribution in [2.45, 2.75) is 32.6 Å². The van der Waals surface area contributed by atoms with Crippen molar-refractivity contribution in [1.82, 2.24) is 19.6 Å². The Kier molecular flexibility index (Phi) is 3.64. The van der Waals surface area contributed by atoms with E-state index < -0.39 is 0 Å². The number of halogens is 1. The molecule has 148 valence electrons. The largest absolute Gasteiger partial charge is 0.325 e. The molecule has 0 N–H and O–H groups in total. The summed E-state index contributed by atoms with van der Waals surface area (Å²) in [7, 11) is 0. The highest BCUT2D eigenvalue weighted by molar-refractivity contribution is 5.94. The van der Waals surface area contributed by atoms with E-state index in [1.54, 1.807) is 16.8 Å². The minimum Gasteiger partial charge on any atom is -0.325 e. The van der Waals surface area contributed by atoms with E-state index in [9.17, 15) is 0 Å². The second-order valence-corrected chi connectivity index (χ2v) is 8.44. The second-order valence-electron chi connectivity index (χ2n) is 8.44. The first kappa shape index (κ1) is 17.4. The van der Waals surface area contributed by atoms with E-state index in [4.69, 9.17) is 4.98 Å². The van der Waals surface area contributed by atoms with Crippen molar-refractivity contribution in [2.24, 2.45) is 5.41 Å². The first-order chi connectivity index (χ1) is 14.6. The molecule has 5 nitrogen and oxygen atoms in total. The predicted molar refractivity (Wildman–Crippen MR) is 114 cm³/mol. The molecule has 0 spiro atoms. The minimum absolute atomic E-state index is 0.177. The molecule has 1 saturated carbocycles. The van der Waals surface area contributed by atoms with Gasteiger partial charge < -0.3 is 4.90 Å². The lowest BCUT2D eigenvalue weighted by Gasteiger charge is -2.32. The smallest absolute Gasteiger partial charge is 0.257 e. The third-order valence-corrected chi connectivity index (χ3v) is 6.22. The Morgan fingerprint density at radius 2 is 2.00 bits per heavy atom. The zero-order valence-corrected chi connectivity index (χ0v) is 16.7. The van der Waals surface area contributed by atoms with Gasteiger partial charge in [0.05, 0.1) is 10.9 Å². The average Bonchev–Trinajstić information content (AvgIpc) is 3.30. The van der Waals surface area contributed by atoms with Gasteiger partial charge in [0.15, 0.2) is 0 Å². The van der Waals surface area contributed by atoms with Crippen LogP contribution in [-0.2, 0) is 6.42 Å². The van der Waals surface area contributed by atoms with Gasteiger partial charge in [-0.05, 0) is 62.4 Å². The van der Waals surface area contributed by atoms with Gasteiger partial charge in [0.2, 0.25) is 0 Å². The van der Waals surface area contributed by atoms with Crippen LogP contribution in [0, 0.1) is 23.1 Å². The molecule has 0 unspecified atom stereocenters. The average molecular weight is 397 g/mol. The summed E-state index contributed by atoms with van der Waals surface area (Å²) in [6, 6.07) is 11.3. The first-order valence-corrected chi connectivity index (χ1v) is 10.3. The van der Waals surface area contributed by atoms with Crippen molar-refractivity contribution in [3.05, 3.63) is 59.7 Å². The molecule has 6 heteroatoms. The van der Waals surface area contributed by atoms with Crippen LogP contribution in [0.1, 0.15) is 37.3 Å². The fraction of sp³-hybridized carbons (Fsp3) is 0.292. The Labute approximate surface area is 173 Å². The number of hydrogen-bond acceptors (Lipinski definition) is 4. The molecule has 1 aliphatic carbocycles. The van der Waals surface area contributed by atoms with Gasteiger partial charge in [-0.2, -0.15) is 4.98 Å². The molecule has 0 amide bonds. The lowest BCUT2D eigenvalue weighted by atomic mass is 9.95. The molecular weight excluding hydrogens is 377 g/mol. The quantitative estimate of drug-likeness (QED) is 0.439. The van der Waals surface area contributed by atoms with E-state index >= 15 is 4.39 Å². The zero-order valence-electron chi connectivity index (χ0n) is 16.7. The van der Waals surface area contributed by atoms with Gasteiger partial charge in [-0.25, -0.2) is 4.39 Å². The van der Waals surface area contributed by atoms with Crippen LogP contribution in [-0.4, -0.2) is 26.1 Å². The monoisotopic (exact) mass is 397 g/mol. The molecular formula is C24H20FN5. The van der Waals surface area contributed by atoms with Crippen molar-refractivity contribution in [1.29, 1.82) is 0 Å². The van der Waals surface area contributed by atoms with Crippen LogP contribution in [0.25, 0.3) is 16.7 Å². The summed E-state index contributed by atoms with van der Waals surface area (Å²) < 4.78 is 16.7. The molecule has 0 atom stereocenters. The summed E-state index contributed by atoms with van der Waals surface area (Å²) >= 11 is 0. The van der Waals surface area contributed by atoms with Gasteiger partial charge in [-0.15, -0.1) is 10.2 Å². The van der Waals surface area contributed by atoms with Gasteiger partial charge >= 0.3 is 0 Å². The van der Waals surface area contributed by atoms with Crippen molar-refractivity contribution in [2.75, 3.05) is 11.4 Å². The van der Waals surface area contributed by atoms with E-state index in [1.807, 2.05) is 12.1 Å². The standard InChI is InChI=1S/C24H20FN5/c1-24(12-13-24)11-10-16-5-2-8-19-17(16)6-4-14-29(19)22-21-18(25)7-3-9-20(21)30-15-26-28-23(30)27-22/h2-3,5,7-9,15H,4,6,12-14H2,1H3. The highest BCUT2D eigenvalue weighted by Crippen LogP contribution is 2.44. The third kappa shape index (κ3) is 2.66. The van der Waals surface area contributed by atoms with E-state index in [-0.39, 0.29) is 11.2 Å². The van der Waals surface area contributed by atoms with Crippen LogP contribution in [0.4, 0.5) is 15.9 Å². The lowest BCUT2D eigenvalue weighted by Crippen LogP contribution is -2.26. The molecule has 0 bridgehead atoms. The topological polar surface area (TPSA) is 46.3 Å². The number of rotatable bonds is 1. The SMILES string of the molecule is CC1(C#Cc2cccc3c2CCCN3c2nc3nncn3c3cccc(F)c23)CC1. The molecule has 3 heterocycles. The summed E-state index contributed by atoms with van der Waals surface area (Å²) in [5.41, 5.74) is 4.22. The highest BCUT2D eigenvalue weighted by atomic mass is 19.1. The molecule has 2 aromatic heterocycles. The summed E-state index contributed by atoms with van der Waals surface area (Å²) in [5, 5.41) is 8.58. The van der Waals surface area contributed by atoms with Gasteiger partial charge in [0.1, 0.15) is 18.0 Å². The van der Waals surface area contributed by atoms with Crippen LogP contribution < -0.4 is 4.90 Å². The Morgan fingerprint density at radius 3 is 2.87 bits per heavy atom. The van der Waals surface area contributed by atoms with E-state index in [2.05, 4.69) is 46.0 Å². The Balaban J connectivity index is 1.56. The number of fused-ring (bicyclic) bond motifs is 4. The minimum atomic E-state index is -0.296. The summed E-state index contributed by atoms with van der Waals surface area (Å²) in [6.07, 6.45) is 5.84. The zero-order chi connectivity index (χ0) is 20.3. The number of aromatic nitrogens is 4. The number of anilines is 2. The highest BCUT2D eigenvalue weighted by Gasteiger charge is 2.35. The van der Waals surface area contributed by atoms with Gasteiger partial charge in [0, 0.05) is 23.2 Å². The molecule has 2 aliphatic rings. The maximum Gasteiger partial charge on any atom is 0.257 e. The van der Waals surface area contributed by atoms with Crippen molar-refractivity contribution in [3.63, 3.8) is 0 Å². The molecule has 0 radical (unpaired) electrons. The molecule has 2 aromatic carbocycles. The first-order valence-electron chi connectivity index (χ1n) is 10.3.